The van der Waals surface area contributed by atoms with Gasteiger partial charge in [-0.05, 0) is 30.2 Å². The molecule has 106 valence electrons. The molecule has 1 unspecified atom stereocenters. The van der Waals surface area contributed by atoms with Crippen LogP contribution in [0.25, 0.3) is 0 Å². The molecule has 1 saturated carbocycles. The molecule has 0 spiro atoms. The van der Waals surface area contributed by atoms with E-state index in [2.05, 4.69) is 14.8 Å². The van der Waals surface area contributed by atoms with Gasteiger partial charge >= 0.3 is 5.97 Å². The average molecular weight is 272 g/mol. The summed E-state index contributed by atoms with van der Waals surface area (Å²) in [5, 5.41) is 0. The Morgan fingerprint density at radius 1 is 1.45 bits per heavy atom. The van der Waals surface area contributed by atoms with Gasteiger partial charge in [-0.3, -0.25) is 4.79 Å². The summed E-state index contributed by atoms with van der Waals surface area (Å²) in [7, 11) is 2.12. The highest BCUT2D eigenvalue weighted by molar-refractivity contribution is 6.11. The number of benzene rings is 1. The average Bonchev–Trinajstić information content (AvgIpc) is 2.86. The molecule has 1 aliphatic heterocycles. The molecule has 1 aromatic carbocycles. The Morgan fingerprint density at radius 2 is 2.20 bits per heavy atom. The van der Waals surface area contributed by atoms with E-state index in [0.29, 0.717) is 24.9 Å². The number of ether oxygens (including phenoxy) is 2. The number of carbonyl (C=O) groups excluding carboxylic acids is 1. The van der Waals surface area contributed by atoms with Gasteiger partial charge in [-0.25, -0.2) is 0 Å². The molecule has 1 saturated heterocycles. The molecule has 0 amide bonds. The molecule has 0 aromatic heterocycles. The van der Waals surface area contributed by atoms with Crippen LogP contribution in [-0.4, -0.2) is 25.4 Å². The van der Waals surface area contributed by atoms with E-state index >= 15 is 0 Å². The number of fused-ring (bicyclic) bond motifs is 2. The van der Waals surface area contributed by atoms with Crippen LogP contribution in [0.1, 0.15) is 31.7 Å². The third-order valence-electron chi connectivity index (χ3n) is 5.08. The minimum absolute atomic E-state index is 0.143. The number of hydrogen-bond donors (Lipinski definition) is 0. The molecule has 3 nitrogen and oxygen atoms in total. The lowest BCUT2D eigenvalue weighted by Gasteiger charge is -2.30. The van der Waals surface area contributed by atoms with Crippen LogP contribution >= 0.6 is 0 Å². The molecule has 2 bridgehead atoms. The summed E-state index contributed by atoms with van der Waals surface area (Å²) in [6.45, 7) is 2.56. The second-order valence-corrected chi connectivity index (χ2v) is 6.20. The lowest BCUT2D eigenvalue weighted by Crippen LogP contribution is -2.36. The van der Waals surface area contributed by atoms with Crippen LogP contribution in [-0.2, 0) is 20.9 Å². The predicted molar refractivity (Wildman–Crippen MR) is 78.9 cm³/mol. The third kappa shape index (κ3) is 2.37. The standard InChI is InChI=1S/C16H21BO3/c1-11-13-7-8-16(11,20-15(13)17)9-14(18)19-10-12-5-3-2-4-6-12/h2-6,11,13,15H,7-10,17H2,1H3/t11?,13-,15+,16+/m0/s1. The van der Waals surface area contributed by atoms with Gasteiger partial charge in [-0.2, -0.15) is 0 Å². The fourth-order valence-corrected chi connectivity index (χ4v) is 3.87. The van der Waals surface area contributed by atoms with Crippen molar-refractivity contribution >= 4 is 13.8 Å². The molecular formula is C16H21BO3. The number of esters is 1. The Hall–Kier alpha value is -1.29. The summed E-state index contributed by atoms with van der Waals surface area (Å²) in [4.78, 5) is 12.1. The molecule has 4 heteroatoms. The van der Waals surface area contributed by atoms with Crippen molar-refractivity contribution in [1.29, 1.82) is 0 Å². The Balaban J connectivity index is 1.57. The second kappa shape index (κ2) is 5.25. The van der Waals surface area contributed by atoms with Crippen molar-refractivity contribution in [2.45, 2.75) is 44.4 Å². The zero-order chi connectivity index (χ0) is 14.2. The van der Waals surface area contributed by atoms with E-state index in [-0.39, 0.29) is 17.6 Å². The van der Waals surface area contributed by atoms with E-state index < -0.39 is 0 Å². The van der Waals surface area contributed by atoms with Crippen LogP contribution in [0.4, 0.5) is 0 Å². The van der Waals surface area contributed by atoms with Crippen molar-refractivity contribution in [3.8, 4) is 0 Å². The minimum atomic E-state index is -0.266. The minimum Gasteiger partial charge on any atom is -0.461 e. The van der Waals surface area contributed by atoms with Crippen molar-refractivity contribution in [1.82, 2.24) is 0 Å². The maximum atomic E-state index is 12.1. The Labute approximate surface area is 121 Å². The monoisotopic (exact) mass is 272 g/mol. The van der Waals surface area contributed by atoms with Crippen molar-refractivity contribution in [2.24, 2.45) is 11.8 Å². The first kappa shape index (κ1) is 13.7. The van der Waals surface area contributed by atoms with E-state index in [1.807, 2.05) is 30.3 Å². The maximum absolute atomic E-state index is 12.1. The quantitative estimate of drug-likeness (QED) is 0.620. The summed E-state index contributed by atoms with van der Waals surface area (Å²) < 4.78 is 11.5. The molecule has 0 radical (unpaired) electrons. The van der Waals surface area contributed by atoms with E-state index in [9.17, 15) is 4.79 Å². The van der Waals surface area contributed by atoms with Crippen molar-refractivity contribution in [3.05, 3.63) is 35.9 Å². The second-order valence-electron chi connectivity index (χ2n) is 6.20. The molecule has 2 aliphatic rings. The number of hydrogen-bond acceptors (Lipinski definition) is 3. The summed E-state index contributed by atoms with van der Waals surface area (Å²) in [6, 6.07) is 10.1. The van der Waals surface area contributed by atoms with Gasteiger partial charge in [0.15, 0.2) is 0 Å². The van der Waals surface area contributed by atoms with Crippen LogP contribution < -0.4 is 0 Å². The van der Waals surface area contributed by atoms with E-state index in [4.69, 9.17) is 9.47 Å². The van der Waals surface area contributed by atoms with Crippen LogP contribution in [0.2, 0.25) is 0 Å². The first-order valence-corrected chi connectivity index (χ1v) is 7.48. The maximum Gasteiger partial charge on any atom is 0.309 e. The first-order chi connectivity index (χ1) is 9.61. The molecule has 4 atom stereocenters. The first-order valence-electron chi connectivity index (χ1n) is 7.48. The van der Waals surface area contributed by atoms with Crippen molar-refractivity contribution in [3.63, 3.8) is 0 Å². The zero-order valence-corrected chi connectivity index (χ0v) is 12.2. The highest BCUT2D eigenvalue weighted by atomic mass is 16.5. The normalized spacial score (nSPS) is 35.1. The van der Waals surface area contributed by atoms with Gasteiger partial charge in [0, 0.05) is 6.00 Å². The van der Waals surface area contributed by atoms with Crippen molar-refractivity contribution < 1.29 is 14.3 Å². The molecular weight excluding hydrogens is 251 g/mol. The topological polar surface area (TPSA) is 35.5 Å². The van der Waals surface area contributed by atoms with Gasteiger partial charge in [-0.15, -0.1) is 0 Å². The smallest absolute Gasteiger partial charge is 0.309 e. The van der Waals surface area contributed by atoms with Crippen molar-refractivity contribution in [2.75, 3.05) is 0 Å². The van der Waals surface area contributed by atoms with E-state index in [0.717, 1.165) is 12.0 Å². The summed E-state index contributed by atoms with van der Waals surface area (Å²) in [5.74, 6) is 0.925. The third-order valence-corrected chi connectivity index (χ3v) is 5.08. The summed E-state index contributed by atoms with van der Waals surface area (Å²) in [5.41, 5.74) is 0.758. The lowest BCUT2D eigenvalue weighted by atomic mass is 9.81. The molecule has 1 heterocycles. The van der Waals surface area contributed by atoms with Crippen LogP contribution in [0.5, 0.6) is 0 Å². The lowest BCUT2D eigenvalue weighted by molar-refractivity contribution is -0.153. The summed E-state index contributed by atoms with van der Waals surface area (Å²) >= 11 is 0. The highest BCUT2D eigenvalue weighted by Crippen LogP contribution is 2.53. The number of carbonyl (C=O) groups is 1. The zero-order valence-electron chi connectivity index (χ0n) is 12.2. The Bertz CT molecular complexity index is 490. The van der Waals surface area contributed by atoms with Gasteiger partial charge < -0.3 is 9.47 Å². The van der Waals surface area contributed by atoms with Gasteiger partial charge in [0.1, 0.15) is 14.5 Å². The molecule has 20 heavy (non-hydrogen) atoms. The van der Waals surface area contributed by atoms with Crippen LogP contribution in [0.15, 0.2) is 30.3 Å². The molecule has 2 fully saturated rings. The predicted octanol–water partition coefficient (Wildman–Crippen LogP) is 1.89. The largest absolute Gasteiger partial charge is 0.461 e. The van der Waals surface area contributed by atoms with E-state index in [1.165, 1.54) is 6.42 Å². The van der Waals surface area contributed by atoms with E-state index in [1.54, 1.807) is 0 Å². The van der Waals surface area contributed by atoms with Gasteiger partial charge in [0.05, 0.1) is 12.0 Å². The molecule has 1 aromatic rings. The SMILES string of the molecule is B[C@@H]1O[C@@]2(CC(=O)OCc3ccccc3)CC[C@H]1C2C. The summed E-state index contributed by atoms with van der Waals surface area (Å²) in [6.07, 6.45) is 2.56. The van der Waals surface area contributed by atoms with Gasteiger partial charge in [0.2, 0.25) is 0 Å². The molecule has 1 aliphatic carbocycles. The Kier molecular flexibility index (Phi) is 3.59. The molecule has 0 N–H and O–H groups in total. The van der Waals surface area contributed by atoms with Crippen LogP contribution in [0, 0.1) is 11.8 Å². The molecule has 3 rings (SSSR count). The number of rotatable bonds is 4. The van der Waals surface area contributed by atoms with Gasteiger partial charge in [0.25, 0.3) is 0 Å². The fourth-order valence-electron chi connectivity index (χ4n) is 3.87. The highest BCUT2D eigenvalue weighted by Gasteiger charge is 2.56. The van der Waals surface area contributed by atoms with Gasteiger partial charge in [-0.1, -0.05) is 37.3 Å². The van der Waals surface area contributed by atoms with Crippen LogP contribution in [0.3, 0.4) is 0 Å². The Morgan fingerprint density at radius 3 is 2.80 bits per heavy atom. The fraction of sp³-hybridized carbons (Fsp3) is 0.562.